The summed E-state index contributed by atoms with van der Waals surface area (Å²) in [4.78, 5) is 11.8. The van der Waals surface area contributed by atoms with Gasteiger partial charge in [-0.2, -0.15) is 8.42 Å². The van der Waals surface area contributed by atoms with Gasteiger partial charge in [0.05, 0.1) is 30.3 Å². The van der Waals surface area contributed by atoms with Crippen molar-refractivity contribution >= 4 is 16.1 Å². The molecule has 286 valence electrons. The third-order valence-electron chi connectivity index (χ3n) is 10.2. The van der Waals surface area contributed by atoms with Gasteiger partial charge in [-0.3, -0.25) is 8.98 Å². The summed E-state index contributed by atoms with van der Waals surface area (Å²) < 4.78 is 63.8. The number of methoxy groups -OCH3 is 1. The summed E-state index contributed by atoms with van der Waals surface area (Å²) in [6, 6.07) is 6.76. The zero-order valence-corrected chi connectivity index (χ0v) is 32.5. The van der Waals surface area contributed by atoms with Crippen LogP contribution in [0.3, 0.4) is 0 Å². The molecule has 2 heterocycles. The normalized spacial score (nSPS) is 26.8. The van der Waals surface area contributed by atoms with Crippen molar-refractivity contribution in [1.82, 2.24) is 0 Å². The maximum atomic E-state index is 13.7. The number of carbonyl (C=O) groups excluding carboxylic acids is 1. The van der Waals surface area contributed by atoms with Gasteiger partial charge in [0.15, 0.2) is 12.6 Å². The lowest BCUT2D eigenvalue weighted by Crippen LogP contribution is -2.36. The second-order valence-electron chi connectivity index (χ2n) is 15.2. The highest BCUT2D eigenvalue weighted by molar-refractivity contribution is 7.86. The number of hydrogen-bond acceptors (Lipinski definition) is 9. The average Bonchev–Trinajstić information content (AvgIpc) is 3.41. The number of rotatable bonds is 18. The van der Waals surface area contributed by atoms with Crippen LogP contribution in [0.15, 0.2) is 65.1 Å². The van der Waals surface area contributed by atoms with Crippen molar-refractivity contribution in [1.29, 1.82) is 0 Å². The van der Waals surface area contributed by atoms with Gasteiger partial charge in [0.1, 0.15) is 0 Å². The largest absolute Gasteiger partial charge is 0.469 e. The molecule has 0 spiro atoms. The lowest BCUT2D eigenvalue weighted by Gasteiger charge is -2.36. The van der Waals surface area contributed by atoms with E-state index in [-0.39, 0.29) is 52.9 Å². The summed E-state index contributed by atoms with van der Waals surface area (Å²) in [5, 5.41) is 0. The Kier molecular flexibility index (Phi) is 16.4. The fourth-order valence-corrected chi connectivity index (χ4v) is 8.10. The van der Waals surface area contributed by atoms with E-state index in [4.69, 9.17) is 27.9 Å². The first-order chi connectivity index (χ1) is 24.4. The van der Waals surface area contributed by atoms with E-state index in [1.807, 2.05) is 6.92 Å². The van der Waals surface area contributed by atoms with E-state index in [1.54, 1.807) is 24.3 Å². The number of esters is 1. The molecule has 1 aromatic rings. The predicted molar refractivity (Wildman–Crippen MR) is 198 cm³/mol. The number of allylic oxidation sites excluding steroid dienone is 4. The number of ether oxygens (including phenoxy) is 5. The van der Waals surface area contributed by atoms with Crippen LogP contribution in [0.5, 0.6) is 0 Å². The van der Waals surface area contributed by atoms with Crippen LogP contribution in [0, 0.1) is 24.2 Å². The maximum absolute atomic E-state index is 13.7. The molecule has 1 saturated carbocycles. The molecule has 2 unspecified atom stereocenters. The molecule has 9 nitrogen and oxygen atoms in total. The number of carbonyl (C=O) groups is 1. The SMILES string of the molecule is COC(=O)CCCC=CC[C@@H]1[C@@H](C=C[C@H](OC2CCCCO2)C(C)(C)CC=C(C)C)[C@H](OC2CCCCO2)C[C@H]1OS(=O)(=O)c1ccc(C)cc1. The molecule has 1 aromatic carbocycles. The Balaban J connectivity index is 1.66. The molecule has 51 heavy (non-hydrogen) atoms. The third-order valence-corrected chi connectivity index (χ3v) is 11.5. The van der Waals surface area contributed by atoms with Crippen LogP contribution in [0.4, 0.5) is 0 Å². The zero-order chi connectivity index (χ0) is 36.9. The highest BCUT2D eigenvalue weighted by Gasteiger charge is 2.46. The summed E-state index contributed by atoms with van der Waals surface area (Å²) in [6.07, 6.45) is 18.2. The van der Waals surface area contributed by atoms with Crippen molar-refractivity contribution < 1.29 is 41.1 Å². The predicted octanol–water partition coefficient (Wildman–Crippen LogP) is 8.76. The third kappa shape index (κ3) is 13.2. The minimum atomic E-state index is -4.05. The van der Waals surface area contributed by atoms with Gasteiger partial charge in [-0.15, -0.1) is 0 Å². The molecule has 4 rings (SSSR count). The highest BCUT2D eigenvalue weighted by Crippen LogP contribution is 2.43. The Labute approximate surface area is 307 Å². The van der Waals surface area contributed by atoms with Crippen LogP contribution in [0.1, 0.15) is 110 Å². The quantitative estimate of drug-likeness (QED) is 0.0634. The molecule has 2 aliphatic heterocycles. The van der Waals surface area contributed by atoms with Crippen molar-refractivity contribution in [2.75, 3.05) is 20.3 Å². The lowest BCUT2D eigenvalue weighted by molar-refractivity contribution is -0.197. The molecule has 0 amide bonds. The van der Waals surface area contributed by atoms with E-state index in [9.17, 15) is 13.2 Å². The van der Waals surface area contributed by atoms with E-state index in [0.29, 0.717) is 45.3 Å². The number of hydrogen-bond donors (Lipinski definition) is 0. The second-order valence-corrected chi connectivity index (χ2v) is 16.8. The van der Waals surface area contributed by atoms with Gasteiger partial charge < -0.3 is 23.7 Å². The van der Waals surface area contributed by atoms with Gasteiger partial charge in [0, 0.05) is 32.0 Å². The highest BCUT2D eigenvalue weighted by atomic mass is 32.2. The van der Waals surface area contributed by atoms with E-state index >= 15 is 0 Å². The van der Waals surface area contributed by atoms with Gasteiger partial charge in [0.2, 0.25) is 0 Å². The number of unbranched alkanes of at least 4 members (excludes halogenated alkanes) is 1. The van der Waals surface area contributed by atoms with Crippen molar-refractivity contribution in [2.24, 2.45) is 17.3 Å². The molecule has 0 aromatic heterocycles. The first-order valence-corrected chi connectivity index (χ1v) is 20.4. The van der Waals surface area contributed by atoms with E-state index in [0.717, 1.165) is 50.5 Å². The Hall–Kier alpha value is -2.34. The van der Waals surface area contributed by atoms with Crippen LogP contribution < -0.4 is 0 Å². The van der Waals surface area contributed by atoms with Crippen molar-refractivity contribution in [3.63, 3.8) is 0 Å². The van der Waals surface area contributed by atoms with Crippen LogP contribution in [-0.2, 0) is 42.8 Å². The van der Waals surface area contributed by atoms with Gasteiger partial charge in [-0.05, 0) is 108 Å². The van der Waals surface area contributed by atoms with Gasteiger partial charge in [0.25, 0.3) is 10.1 Å². The fourth-order valence-electron chi connectivity index (χ4n) is 6.98. The molecule has 3 fully saturated rings. The molecular formula is C41H62O9S. The Morgan fingerprint density at radius 3 is 2.29 bits per heavy atom. The minimum Gasteiger partial charge on any atom is -0.469 e. The van der Waals surface area contributed by atoms with Gasteiger partial charge in [-0.25, -0.2) is 0 Å². The smallest absolute Gasteiger partial charge is 0.305 e. The van der Waals surface area contributed by atoms with Crippen molar-refractivity contribution in [2.45, 2.75) is 147 Å². The maximum Gasteiger partial charge on any atom is 0.305 e. The second kappa shape index (κ2) is 20.2. The summed E-state index contributed by atoms with van der Waals surface area (Å²) in [6.45, 7) is 11.9. The Morgan fingerprint density at radius 2 is 1.67 bits per heavy atom. The van der Waals surface area contributed by atoms with Crippen LogP contribution in [0.25, 0.3) is 0 Å². The molecular weight excluding hydrogens is 669 g/mol. The first kappa shape index (κ1) is 41.4. The van der Waals surface area contributed by atoms with E-state index in [2.05, 4.69) is 58.1 Å². The van der Waals surface area contributed by atoms with Crippen LogP contribution in [-0.4, -0.2) is 65.6 Å². The monoisotopic (exact) mass is 730 g/mol. The van der Waals surface area contributed by atoms with E-state index < -0.39 is 16.2 Å². The molecule has 0 radical (unpaired) electrons. The minimum absolute atomic E-state index is 0.138. The summed E-state index contributed by atoms with van der Waals surface area (Å²) in [7, 11) is -2.65. The molecule has 0 bridgehead atoms. The van der Waals surface area contributed by atoms with Crippen molar-refractivity contribution in [3.05, 3.63) is 65.8 Å². The molecule has 2 saturated heterocycles. The van der Waals surface area contributed by atoms with E-state index in [1.165, 1.54) is 12.7 Å². The fraction of sp³-hybridized carbons (Fsp3) is 0.683. The number of benzene rings is 1. The lowest BCUT2D eigenvalue weighted by atomic mass is 9.81. The van der Waals surface area contributed by atoms with Crippen molar-refractivity contribution in [3.8, 4) is 0 Å². The standard InChI is InChI=1S/C41H62O9S/c1-30(2)25-26-41(4,5)37(49-40-18-12-14-28-47-40)24-23-34-33(15-9-7-8-10-16-38(42)45-6)36(29-35(34)48-39-17-11-13-27-46-39)50-51(43,44)32-21-19-31(3)20-22-32/h7,9,19-25,33-37,39-40H,8,10-18,26-29H2,1-6H3/t33-,34-,35-,36-,37+,39?,40?/m1/s1. The molecule has 1 aliphatic carbocycles. The zero-order valence-electron chi connectivity index (χ0n) is 31.7. The molecule has 7 atom stereocenters. The summed E-state index contributed by atoms with van der Waals surface area (Å²) in [5.41, 5.74) is 1.99. The Bertz CT molecular complexity index is 1400. The van der Waals surface area contributed by atoms with Gasteiger partial charge in [-0.1, -0.05) is 67.5 Å². The van der Waals surface area contributed by atoms with Crippen LogP contribution in [0.2, 0.25) is 0 Å². The van der Waals surface area contributed by atoms with Crippen LogP contribution >= 0.6 is 0 Å². The number of aryl methyl sites for hydroxylation is 1. The molecule has 0 N–H and O–H groups in total. The first-order valence-electron chi connectivity index (χ1n) is 19.0. The summed E-state index contributed by atoms with van der Waals surface area (Å²) >= 11 is 0. The molecule has 3 aliphatic rings. The van der Waals surface area contributed by atoms with Gasteiger partial charge >= 0.3 is 5.97 Å². The average molecular weight is 731 g/mol. The Morgan fingerprint density at radius 1 is 0.980 bits per heavy atom. The topological polar surface area (TPSA) is 107 Å². The summed E-state index contributed by atoms with van der Waals surface area (Å²) in [5.74, 6) is -0.613. The molecule has 10 heteroatoms.